The fraction of sp³-hybridized carbons (Fsp3) is 0.500. The van der Waals surface area contributed by atoms with E-state index in [4.69, 9.17) is 0 Å². The van der Waals surface area contributed by atoms with Crippen LogP contribution in [-0.4, -0.2) is 19.8 Å². The van der Waals surface area contributed by atoms with Gasteiger partial charge in [0.05, 0.1) is 0 Å². The van der Waals surface area contributed by atoms with Gasteiger partial charge >= 0.3 is 0 Å². The third-order valence-electron chi connectivity index (χ3n) is 1.56. The lowest BCUT2D eigenvalue weighted by Crippen LogP contribution is -2.09. The first kappa shape index (κ1) is 8.51. The Balaban J connectivity index is 3.28. The molecule has 0 atom stereocenters. The van der Waals surface area contributed by atoms with Crippen molar-refractivity contribution >= 4 is 0 Å². The van der Waals surface area contributed by atoms with Crippen LogP contribution in [-0.2, 0) is 6.42 Å². The Hall–Kier alpha value is -1.59. The van der Waals surface area contributed by atoms with Gasteiger partial charge in [-0.3, -0.25) is 0 Å². The Morgan fingerprint density at radius 2 is 2.33 bits per heavy atom. The minimum atomic E-state index is -0.698. The molecule has 0 bridgehead atoms. The molecule has 0 aliphatic heterocycles. The largest absolute Gasteiger partial charge is 0.489 e. The number of aryl methyl sites for hydroxylation is 2. The Morgan fingerprint density at radius 3 is 2.58 bits per heavy atom. The van der Waals surface area contributed by atoms with Gasteiger partial charge in [0.15, 0.2) is 10.9 Å². The highest BCUT2D eigenvalue weighted by Gasteiger charge is 2.19. The molecule has 0 radical (unpaired) electrons. The van der Waals surface area contributed by atoms with Crippen molar-refractivity contribution in [1.29, 1.82) is 0 Å². The number of nitrogens with zero attached hydrogens (tertiary/aromatic N) is 3. The Morgan fingerprint density at radius 1 is 1.75 bits per heavy atom. The van der Waals surface area contributed by atoms with Crippen LogP contribution >= 0.6 is 0 Å². The predicted octanol–water partition coefficient (Wildman–Crippen LogP) is 0.499. The molecule has 0 aromatic carbocycles. The molecule has 0 amide bonds. The van der Waals surface area contributed by atoms with E-state index in [1.54, 1.807) is 6.92 Å². The van der Waals surface area contributed by atoms with E-state index in [1.807, 2.05) is 0 Å². The van der Waals surface area contributed by atoms with E-state index in [1.165, 1.54) is 6.92 Å². The summed E-state index contributed by atoms with van der Waals surface area (Å²) in [4.78, 5) is 14.2. The van der Waals surface area contributed by atoms with Gasteiger partial charge in [-0.15, -0.1) is 0 Å². The maximum absolute atomic E-state index is 10.3. The third kappa shape index (κ3) is 1.11. The average Bonchev–Trinajstić information content (AvgIpc) is 2.25. The number of nitro groups is 1. The van der Waals surface area contributed by atoms with Gasteiger partial charge in [-0.1, -0.05) is 6.92 Å². The number of aromatic nitrogens is 2. The van der Waals surface area contributed by atoms with Crippen LogP contribution in [0.5, 0.6) is 5.88 Å². The van der Waals surface area contributed by atoms with Crippen molar-refractivity contribution in [3.05, 3.63) is 21.6 Å². The summed E-state index contributed by atoms with van der Waals surface area (Å²) in [5.74, 6) is -0.186. The Kier molecular flexibility index (Phi) is 1.99. The second-order valence-corrected chi connectivity index (χ2v) is 2.33. The average molecular weight is 171 g/mol. The summed E-state index contributed by atoms with van der Waals surface area (Å²) in [7, 11) is 0. The zero-order valence-electron chi connectivity index (χ0n) is 6.81. The van der Waals surface area contributed by atoms with Crippen LogP contribution in [0.4, 0.5) is 0 Å². The molecule has 1 N–H and O–H groups in total. The monoisotopic (exact) mass is 171 g/mol. The first-order chi connectivity index (χ1) is 5.57. The van der Waals surface area contributed by atoms with Gasteiger partial charge in [0.25, 0.3) is 5.88 Å². The minimum absolute atomic E-state index is 0.189. The van der Waals surface area contributed by atoms with E-state index in [9.17, 15) is 15.2 Å². The second kappa shape index (κ2) is 2.80. The van der Waals surface area contributed by atoms with Crippen LogP contribution in [0.2, 0.25) is 0 Å². The number of hydrogen-bond donors (Lipinski definition) is 1. The smallest absolute Gasteiger partial charge is 0.279 e. The summed E-state index contributed by atoms with van der Waals surface area (Å²) in [5.41, 5.74) is 0.351. The second-order valence-electron chi connectivity index (χ2n) is 2.33. The van der Waals surface area contributed by atoms with E-state index in [2.05, 4.69) is 4.98 Å². The van der Waals surface area contributed by atoms with Crippen LogP contribution in [0.15, 0.2) is 0 Å². The van der Waals surface area contributed by atoms with Crippen molar-refractivity contribution in [2.75, 3.05) is 0 Å². The maximum atomic E-state index is 10.3. The van der Waals surface area contributed by atoms with E-state index in [-0.39, 0.29) is 11.7 Å². The van der Waals surface area contributed by atoms with Crippen molar-refractivity contribution in [2.24, 2.45) is 0 Å². The predicted molar refractivity (Wildman–Crippen MR) is 40.4 cm³/mol. The van der Waals surface area contributed by atoms with Gasteiger partial charge in [0.2, 0.25) is 0 Å². The maximum Gasteiger partial charge on any atom is 0.279 e. The van der Waals surface area contributed by atoms with E-state index in [0.29, 0.717) is 16.8 Å². The standard InChI is InChI=1S/C6H9N3O3/c1-3-5-6(10)8(9(11)12)4(2)7-5/h10H,3H2,1-2H3. The summed E-state index contributed by atoms with van der Waals surface area (Å²) in [6, 6.07) is 0. The van der Waals surface area contributed by atoms with Gasteiger partial charge in [0.1, 0.15) is 5.69 Å². The van der Waals surface area contributed by atoms with Crippen molar-refractivity contribution in [3.8, 4) is 5.88 Å². The van der Waals surface area contributed by atoms with Gasteiger partial charge in [-0.05, 0) is 11.1 Å². The minimum Gasteiger partial charge on any atom is -0.489 e. The molecule has 1 aromatic heterocycles. The van der Waals surface area contributed by atoms with Gasteiger partial charge in [-0.25, -0.2) is 15.1 Å². The van der Waals surface area contributed by atoms with Gasteiger partial charge in [-0.2, -0.15) is 0 Å². The summed E-state index contributed by atoms with van der Waals surface area (Å²) in [6.45, 7) is 3.24. The van der Waals surface area contributed by atoms with Crippen LogP contribution in [0.1, 0.15) is 18.4 Å². The molecule has 6 heteroatoms. The van der Waals surface area contributed by atoms with Crippen LogP contribution in [0.25, 0.3) is 0 Å². The van der Waals surface area contributed by atoms with Crippen molar-refractivity contribution in [2.45, 2.75) is 20.3 Å². The highest BCUT2D eigenvalue weighted by molar-refractivity contribution is 5.20. The zero-order chi connectivity index (χ0) is 9.30. The van der Waals surface area contributed by atoms with Crippen molar-refractivity contribution in [3.63, 3.8) is 0 Å². The molecule has 0 saturated heterocycles. The van der Waals surface area contributed by atoms with Crippen molar-refractivity contribution in [1.82, 2.24) is 9.66 Å². The topological polar surface area (TPSA) is 81.2 Å². The molecule has 1 aromatic rings. The van der Waals surface area contributed by atoms with E-state index < -0.39 is 5.03 Å². The molecule has 12 heavy (non-hydrogen) atoms. The molecule has 66 valence electrons. The molecule has 6 nitrogen and oxygen atoms in total. The summed E-state index contributed by atoms with van der Waals surface area (Å²) in [6.07, 6.45) is 0.480. The number of hydrogen-bond acceptors (Lipinski definition) is 4. The Labute approximate surface area is 68.6 Å². The summed E-state index contributed by atoms with van der Waals surface area (Å²) < 4.78 is 0.568. The van der Waals surface area contributed by atoms with Crippen LogP contribution < -0.4 is 0 Å². The summed E-state index contributed by atoms with van der Waals surface area (Å²) in [5, 5.41) is 18.9. The van der Waals surface area contributed by atoms with E-state index in [0.717, 1.165) is 0 Å². The molecule has 0 spiro atoms. The highest BCUT2D eigenvalue weighted by Crippen LogP contribution is 2.18. The first-order valence-electron chi connectivity index (χ1n) is 3.49. The van der Waals surface area contributed by atoms with E-state index >= 15 is 0 Å². The highest BCUT2D eigenvalue weighted by atomic mass is 16.7. The molecule has 0 fully saturated rings. The molecule has 1 rings (SSSR count). The quantitative estimate of drug-likeness (QED) is 0.519. The first-order valence-corrected chi connectivity index (χ1v) is 3.49. The van der Waals surface area contributed by atoms with Crippen LogP contribution in [0, 0.1) is 17.0 Å². The number of rotatable bonds is 2. The molecular weight excluding hydrogens is 162 g/mol. The fourth-order valence-electron chi connectivity index (χ4n) is 1.00. The zero-order valence-corrected chi connectivity index (χ0v) is 6.81. The van der Waals surface area contributed by atoms with Gasteiger partial charge in [0, 0.05) is 6.92 Å². The molecule has 0 saturated carbocycles. The lowest BCUT2D eigenvalue weighted by molar-refractivity contribution is -0.545. The third-order valence-corrected chi connectivity index (χ3v) is 1.56. The fourth-order valence-corrected chi connectivity index (χ4v) is 1.00. The molecule has 0 aliphatic rings. The van der Waals surface area contributed by atoms with Gasteiger partial charge < -0.3 is 5.11 Å². The lowest BCUT2D eigenvalue weighted by Gasteiger charge is -1.92. The summed E-state index contributed by atoms with van der Waals surface area (Å²) >= 11 is 0. The lowest BCUT2D eigenvalue weighted by atomic mass is 10.4. The molecule has 1 heterocycles. The normalized spacial score (nSPS) is 10.2. The van der Waals surface area contributed by atoms with Crippen LogP contribution in [0.3, 0.4) is 0 Å². The van der Waals surface area contributed by atoms with Crippen molar-refractivity contribution < 1.29 is 10.1 Å². The Bertz CT molecular complexity index is 318. The molecule has 0 aliphatic carbocycles. The number of aromatic hydroxyl groups is 1. The SMILES string of the molecule is CCc1nc(C)n([N+](=O)[O-])c1O. The number of imidazole rings is 1. The molecular formula is C6H9N3O3. The molecule has 0 unspecified atom stereocenters.